The Hall–Kier alpha value is -2.40. The number of benzene rings is 1. The van der Waals surface area contributed by atoms with Crippen LogP contribution in [-0.4, -0.2) is 23.5 Å². The standard InChI is InChI=1S/C14H11ClN2O3/c15-11-3-1-2-4-12(11)17-13(18)9-20-14(19)10-5-7-16-8-6-10/h1-8H,9H2,(H,17,18). The van der Waals surface area contributed by atoms with E-state index < -0.39 is 11.9 Å². The van der Waals surface area contributed by atoms with Crippen LogP contribution in [0.15, 0.2) is 48.8 Å². The lowest BCUT2D eigenvalue weighted by Crippen LogP contribution is -2.21. The highest BCUT2D eigenvalue weighted by atomic mass is 35.5. The maximum Gasteiger partial charge on any atom is 0.338 e. The molecule has 1 heterocycles. The first kappa shape index (κ1) is 14.0. The number of para-hydroxylation sites is 1. The first-order valence-electron chi connectivity index (χ1n) is 5.78. The lowest BCUT2D eigenvalue weighted by atomic mass is 10.3. The topological polar surface area (TPSA) is 68.3 Å². The molecule has 0 saturated heterocycles. The van der Waals surface area contributed by atoms with Crippen LogP contribution in [0.1, 0.15) is 10.4 Å². The highest BCUT2D eigenvalue weighted by Crippen LogP contribution is 2.20. The summed E-state index contributed by atoms with van der Waals surface area (Å²) in [6, 6.07) is 9.82. The largest absolute Gasteiger partial charge is 0.452 e. The molecule has 20 heavy (non-hydrogen) atoms. The van der Waals surface area contributed by atoms with Gasteiger partial charge < -0.3 is 10.1 Å². The Morgan fingerprint density at radius 3 is 2.55 bits per heavy atom. The summed E-state index contributed by atoms with van der Waals surface area (Å²) >= 11 is 5.90. The van der Waals surface area contributed by atoms with E-state index in [0.29, 0.717) is 16.3 Å². The van der Waals surface area contributed by atoms with Crippen molar-refractivity contribution in [3.8, 4) is 0 Å². The number of aromatic nitrogens is 1. The number of anilines is 1. The van der Waals surface area contributed by atoms with Gasteiger partial charge in [0.15, 0.2) is 6.61 Å². The molecule has 1 N–H and O–H groups in total. The fourth-order valence-electron chi connectivity index (χ4n) is 1.45. The minimum absolute atomic E-state index is 0.338. The van der Waals surface area contributed by atoms with E-state index in [-0.39, 0.29) is 6.61 Å². The first-order chi connectivity index (χ1) is 9.66. The van der Waals surface area contributed by atoms with E-state index in [4.69, 9.17) is 16.3 Å². The summed E-state index contributed by atoms with van der Waals surface area (Å²) in [4.78, 5) is 27.0. The van der Waals surface area contributed by atoms with Crippen LogP contribution in [0.25, 0.3) is 0 Å². The van der Waals surface area contributed by atoms with E-state index in [1.807, 2.05) is 0 Å². The van der Waals surface area contributed by atoms with Crippen LogP contribution >= 0.6 is 11.6 Å². The third-order valence-corrected chi connectivity index (χ3v) is 2.73. The molecule has 0 fully saturated rings. The summed E-state index contributed by atoms with van der Waals surface area (Å²) in [5, 5.41) is 2.97. The minimum Gasteiger partial charge on any atom is -0.452 e. The molecule has 2 aromatic rings. The Bertz CT molecular complexity index is 617. The van der Waals surface area contributed by atoms with Crippen molar-refractivity contribution in [3.05, 3.63) is 59.4 Å². The van der Waals surface area contributed by atoms with Gasteiger partial charge in [0.05, 0.1) is 16.3 Å². The highest BCUT2D eigenvalue weighted by molar-refractivity contribution is 6.33. The lowest BCUT2D eigenvalue weighted by Gasteiger charge is -2.07. The zero-order valence-electron chi connectivity index (χ0n) is 10.4. The number of nitrogens with zero attached hydrogens (tertiary/aromatic N) is 1. The smallest absolute Gasteiger partial charge is 0.338 e. The number of amides is 1. The molecule has 0 aliphatic carbocycles. The van der Waals surface area contributed by atoms with Crippen molar-refractivity contribution in [1.82, 2.24) is 4.98 Å². The molecule has 5 nitrogen and oxygen atoms in total. The van der Waals surface area contributed by atoms with E-state index in [1.165, 1.54) is 24.5 Å². The lowest BCUT2D eigenvalue weighted by molar-refractivity contribution is -0.119. The van der Waals surface area contributed by atoms with Crippen LogP contribution in [0, 0.1) is 0 Å². The maximum atomic E-state index is 11.6. The van der Waals surface area contributed by atoms with Gasteiger partial charge in [-0.1, -0.05) is 23.7 Å². The van der Waals surface area contributed by atoms with Crippen molar-refractivity contribution in [1.29, 1.82) is 0 Å². The fourth-order valence-corrected chi connectivity index (χ4v) is 1.63. The van der Waals surface area contributed by atoms with Crippen molar-refractivity contribution in [2.24, 2.45) is 0 Å². The quantitative estimate of drug-likeness (QED) is 0.879. The van der Waals surface area contributed by atoms with E-state index >= 15 is 0 Å². The fraction of sp³-hybridized carbons (Fsp3) is 0.0714. The van der Waals surface area contributed by atoms with Crippen LogP contribution < -0.4 is 5.32 Å². The summed E-state index contributed by atoms with van der Waals surface area (Å²) in [5.41, 5.74) is 0.810. The molecule has 0 spiro atoms. The molecule has 2 rings (SSSR count). The van der Waals surface area contributed by atoms with Gasteiger partial charge in [-0.25, -0.2) is 4.79 Å². The highest BCUT2D eigenvalue weighted by Gasteiger charge is 2.10. The second kappa shape index (κ2) is 6.68. The number of carbonyl (C=O) groups excluding carboxylic acids is 2. The zero-order chi connectivity index (χ0) is 14.4. The van der Waals surface area contributed by atoms with Crippen molar-refractivity contribution >= 4 is 29.2 Å². The van der Waals surface area contributed by atoms with Crippen LogP contribution in [0.3, 0.4) is 0 Å². The summed E-state index contributed by atoms with van der Waals surface area (Å²) < 4.78 is 4.88. The number of hydrogen-bond acceptors (Lipinski definition) is 4. The zero-order valence-corrected chi connectivity index (χ0v) is 11.1. The van der Waals surface area contributed by atoms with Crippen LogP contribution in [0.5, 0.6) is 0 Å². The number of ether oxygens (including phenoxy) is 1. The Morgan fingerprint density at radius 1 is 1.15 bits per heavy atom. The van der Waals surface area contributed by atoms with Gasteiger partial charge >= 0.3 is 5.97 Å². The molecular weight excluding hydrogens is 280 g/mol. The van der Waals surface area contributed by atoms with Crippen molar-refractivity contribution in [3.63, 3.8) is 0 Å². The molecule has 0 aliphatic heterocycles. The third kappa shape index (κ3) is 3.80. The molecule has 1 aromatic carbocycles. The Labute approximate surface area is 120 Å². The molecule has 0 saturated carbocycles. The van der Waals surface area contributed by atoms with Crippen molar-refractivity contribution < 1.29 is 14.3 Å². The maximum absolute atomic E-state index is 11.6. The molecule has 0 atom stereocenters. The monoisotopic (exact) mass is 290 g/mol. The van der Waals surface area contributed by atoms with E-state index in [1.54, 1.807) is 24.3 Å². The second-order valence-electron chi connectivity index (χ2n) is 3.84. The van der Waals surface area contributed by atoms with Gasteiger partial charge in [0.2, 0.25) is 0 Å². The first-order valence-corrected chi connectivity index (χ1v) is 6.16. The molecule has 0 unspecified atom stereocenters. The van der Waals surface area contributed by atoms with E-state index in [2.05, 4.69) is 10.3 Å². The molecule has 0 aliphatic rings. The van der Waals surface area contributed by atoms with Gasteiger partial charge in [0.25, 0.3) is 5.91 Å². The second-order valence-corrected chi connectivity index (χ2v) is 4.25. The van der Waals surface area contributed by atoms with E-state index in [9.17, 15) is 9.59 Å². The summed E-state index contributed by atoms with van der Waals surface area (Å²) in [7, 11) is 0. The van der Waals surface area contributed by atoms with Crippen LogP contribution in [0.2, 0.25) is 5.02 Å². The molecule has 0 bridgehead atoms. The normalized spacial score (nSPS) is 9.85. The average molecular weight is 291 g/mol. The average Bonchev–Trinajstić information content (AvgIpc) is 2.48. The molecular formula is C14H11ClN2O3. The number of rotatable bonds is 4. The van der Waals surface area contributed by atoms with Crippen molar-refractivity contribution in [2.75, 3.05) is 11.9 Å². The van der Waals surface area contributed by atoms with Gasteiger partial charge in [-0.05, 0) is 24.3 Å². The summed E-state index contributed by atoms with van der Waals surface area (Å²) in [6.07, 6.45) is 2.95. The van der Waals surface area contributed by atoms with Gasteiger partial charge in [-0.2, -0.15) is 0 Å². The SMILES string of the molecule is O=C(COC(=O)c1ccncc1)Nc1ccccc1Cl. The van der Waals surface area contributed by atoms with Crippen LogP contribution in [-0.2, 0) is 9.53 Å². The van der Waals surface area contributed by atoms with E-state index in [0.717, 1.165) is 0 Å². The van der Waals surface area contributed by atoms with Gasteiger partial charge in [-0.15, -0.1) is 0 Å². The summed E-state index contributed by atoms with van der Waals surface area (Å²) in [6.45, 7) is -0.383. The van der Waals surface area contributed by atoms with Crippen LogP contribution in [0.4, 0.5) is 5.69 Å². The number of hydrogen-bond donors (Lipinski definition) is 1. The number of pyridine rings is 1. The summed E-state index contributed by atoms with van der Waals surface area (Å²) in [5.74, 6) is -1.04. The van der Waals surface area contributed by atoms with Crippen molar-refractivity contribution in [2.45, 2.75) is 0 Å². The molecule has 102 valence electrons. The Balaban J connectivity index is 1.87. The Morgan fingerprint density at radius 2 is 1.85 bits per heavy atom. The molecule has 0 radical (unpaired) electrons. The number of halogens is 1. The predicted octanol–water partition coefficient (Wildman–Crippen LogP) is 2.53. The third-order valence-electron chi connectivity index (χ3n) is 2.40. The number of carbonyl (C=O) groups is 2. The molecule has 1 amide bonds. The molecule has 6 heteroatoms. The molecule has 1 aromatic heterocycles. The van der Waals surface area contributed by atoms with Gasteiger partial charge in [0.1, 0.15) is 0 Å². The van der Waals surface area contributed by atoms with Gasteiger partial charge in [-0.3, -0.25) is 9.78 Å². The minimum atomic E-state index is -0.582. The Kier molecular flexibility index (Phi) is 4.68. The number of nitrogens with one attached hydrogen (secondary N) is 1. The van der Waals surface area contributed by atoms with Gasteiger partial charge in [0, 0.05) is 12.4 Å². The predicted molar refractivity (Wildman–Crippen MR) is 74.6 cm³/mol. The number of esters is 1.